The van der Waals surface area contributed by atoms with Crippen LogP contribution in [0.5, 0.6) is 0 Å². The molecule has 4 rings (SSSR count). The van der Waals surface area contributed by atoms with E-state index < -0.39 is 0 Å². The van der Waals surface area contributed by atoms with E-state index in [4.69, 9.17) is 4.74 Å². The summed E-state index contributed by atoms with van der Waals surface area (Å²) in [5.41, 5.74) is 1.04. The maximum atomic E-state index is 12.8. The summed E-state index contributed by atoms with van der Waals surface area (Å²) >= 11 is 0. The predicted octanol–water partition coefficient (Wildman–Crippen LogP) is 2.18. The third-order valence-electron chi connectivity index (χ3n) is 5.86. The maximum absolute atomic E-state index is 12.8. The Hall–Kier alpha value is -1.66. The maximum Gasteiger partial charge on any atom is 0.317 e. The zero-order chi connectivity index (χ0) is 17.4. The van der Waals surface area contributed by atoms with E-state index in [-0.39, 0.29) is 24.2 Å². The van der Waals surface area contributed by atoms with Gasteiger partial charge in [0.25, 0.3) is 0 Å². The van der Waals surface area contributed by atoms with E-state index in [0.29, 0.717) is 12.6 Å². The summed E-state index contributed by atoms with van der Waals surface area (Å²) in [6.45, 7) is 3.94. The quantitative estimate of drug-likeness (QED) is 0.910. The highest BCUT2D eigenvalue weighted by atomic mass is 16.5. The number of carbonyl (C=O) groups excluding carboxylic acids is 1. The molecule has 0 bridgehead atoms. The van der Waals surface area contributed by atoms with Crippen LogP contribution < -0.4 is 5.32 Å². The van der Waals surface area contributed by atoms with E-state index >= 15 is 0 Å². The minimum absolute atomic E-state index is 0.0132. The Balaban J connectivity index is 1.37. The second-order valence-corrected chi connectivity index (χ2v) is 7.70. The van der Waals surface area contributed by atoms with E-state index in [1.807, 2.05) is 30.3 Å². The minimum Gasteiger partial charge on any atom is -0.371 e. The summed E-state index contributed by atoms with van der Waals surface area (Å²) in [6.07, 6.45) is 8.04. The van der Waals surface area contributed by atoms with E-state index in [0.717, 1.165) is 31.0 Å². The van der Waals surface area contributed by atoms with Gasteiger partial charge in [-0.05, 0) is 38.7 Å². The molecule has 4 atom stereocenters. The average molecular weight is 344 g/mol. The zero-order valence-corrected chi connectivity index (χ0v) is 15.1. The number of amides is 2. The topological polar surface area (TPSA) is 57.7 Å². The van der Waals surface area contributed by atoms with Crippen molar-refractivity contribution in [3.8, 4) is 0 Å². The molecule has 0 aromatic carbocycles. The fourth-order valence-electron chi connectivity index (χ4n) is 4.34. The molecule has 1 saturated carbocycles. The molecule has 2 saturated heterocycles. The Kier molecular flexibility index (Phi) is 4.65. The number of nitrogens with one attached hydrogen (secondary N) is 1. The second kappa shape index (κ2) is 6.92. The molecule has 0 spiro atoms. The number of likely N-dealkylation sites (N-methyl/N-ethyl adjacent to an activating group) is 1. The molecule has 3 aliphatic rings. The van der Waals surface area contributed by atoms with Gasteiger partial charge in [0, 0.05) is 56.3 Å². The number of aromatic nitrogens is 1. The largest absolute Gasteiger partial charge is 0.371 e. The van der Waals surface area contributed by atoms with Crippen LogP contribution in [0.25, 0.3) is 0 Å². The third kappa shape index (κ3) is 3.51. The van der Waals surface area contributed by atoms with Gasteiger partial charge in [-0.3, -0.25) is 9.88 Å². The molecule has 2 amide bonds. The molecule has 136 valence electrons. The number of hydrogen-bond donors (Lipinski definition) is 1. The molecule has 0 radical (unpaired) electrons. The Labute approximate surface area is 149 Å². The number of nitrogens with zero attached hydrogens (tertiary/aromatic N) is 3. The Morgan fingerprint density at radius 2 is 2.24 bits per heavy atom. The molecule has 1 aromatic heterocycles. The highest BCUT2D eigenvalue weighted by molar-refractivity contribution is 5.74. The van der Waals surface area contributed by atoms with Gasteiger partial charge in [0.05, 0.1) is 6.04 Å². The summed E-state index contributed by atoms with van der Waals surface area (Å²) in [5.74, 6) is 0. The third-order valence-corrected chi connectivity index (χ3v) is 5.86. The van der Waals surface area contributed by atoms with E-state index in [2.05, 4.69) is 22.1 Å². The van der Waals surface area contributed by atoms with Crippen molar-refractivity contribution in [2.45, 2.75) is 62.9 Å². The molecule has 25 heavy (non-hydrogen) atoms. The molecule has 6 heteroatoms. The van der Waals surface area contributed by atoms with Crippen molar-refractivity contribution in [2.24, 2.45) is 0 Å². The lowest BCUT2D eigenvalue weighted by Gasteiger charge is -2.30. The summed E-state index contributed by atoms with van der Waals surface area (Å²) in [5, 5.41) is 3.24. The van der Waals surface area contributed by atoms with Crippen LogP contribution in [-0.4, -0.2) is 65.2 Å². The van der Waals surface area contributed by atoms with Gasteiger partial charge < -0.3 is 15.0 Å². The van der Waals surface area contributed by atoms with Gasteiger partial charge in [0.2, 0.25) is 0 Å². The summed E-state index contributed by atoms with van der Waals surface area (Å²) in [4.78, 5) is 21.4. The predicted molar refractivity (Wildman–Crippen MR) is 95.2 cm³/mol. The van der Waals surface area contributed by atoms with Crippen molar-refractivity contribution in [1.82, 2.24) is 20.1 Å². The van der Waals surface area contributed by atoms with E-state index in [1.54, 1.807) is 6.20 Å². The highest BCUT2D eigenvalue weighted by Crippen LogP contribution is 2.34. The Morgan fingerprint density at radius 3 is 2.96 bits per heavy atom. The first kappa shape index (κ1) is 16.8. The first-order valence-corrected chi connectivity index (χ1v) is 9.44. The first-order valence-electron chi connectivity index (χ1n) is 9.44. The number of ether oxygens (including phenoxy) is 1. The van der Waals surface area contributed by atoms with Crippen molar-refractivity contribution >= 4 is 6.03 Å². The molecule has 3 fully saturated rings. The number of hydrogen-bond acceptors (Lipinski definition) is 4. The van der Waals surface area contributed by atoms with Crippen LogP contribution in [0.1, 0.15) is 44.3 Å². The van der Waals surface area contributed by atoms with Gasteiger partial charge in [0.15, 0.2) is 0 Å². The summed E-state index contributed by atoms with van der Waals surface area (Å²) in [7, 11) is 1.88. The van der Waals surface area contributed by atoms with Gasteiger partial charge in [-0.2, -0.15) is 0 Å². The van der Waals surface area contributed by atoms with Gasteiger partial charge in [-0.25, -0.2) is 4.79 Å². The van der Waals surface area contributed by atoms with Gasteiger partial charge >= 0.3 is 6.03 Å². The first-order chi connectivity index (χ1) is 12.1. The number of likely N-dealkylation sites (tertiary alicyclic amines) is 1. The van der Waals surface area contributed by atoms with Crippen molar-refractivity contribution in [3.05, 3.63) is 30.1 Å². The molecule has 1 aliphatic carbocycles. The molecular formula is C19H28N4O2. The van der Waals surface area contributed by atoms with Crippen molar-refractivity contribution in [2.75, 3.05) is 20.2 Å². The smallest absolute Gasteiger partial charge is 0.317 e. The normalized spacial score (nSPS) is 32.7. The van der Waals surface area contributed by atoms with Gasteiger partial charge in [-0.1, -0.05) is 6.07 Å². The van der Waals surface area contributed by atoms with E-state index in [9.17, 15) is 4.79 Å². The SMILES string of the molecule is CC1CC(NC(=O)N(C)[C@H]2CCO[C@@H]2c2cccnc2)CN1C1CC1. The molecule has 2 unspecified atom stereocenters. The summed E-state index contributed by atoms with van der Waals surface area (Å²) in [6, 6.07) is 5.59. The highest BCUT2D eigenvalue weighted by Gasteiger charge is 2.40. The fraction of sp³-hybridized carbons (Fsp3) is 0.684. The van der Waals surface area contributed by atoms with Crippen LogP contribution in [0.2, 0.25) is 0 Å². The number of carbonyl (C=O) groups is 1. The van der Waals surface area contributed by atoms with Crippen molar-refractivity contribution in [3.63, 3.8) is 0 Å². The average Bonchev–Trinajstić information content (AvgIpc) is 3.22. The van der Waals surface area contributed by atoms with Crippen LogP contribution >= 0.6 is 0 Å². The number of urea groups is 1. The molecule has 3 heterocycles. The standard InChI is InChI=1S/C19H28N4O2/c1-13-10-15(12-23(13)16-5-6-16)21-19(24)22(2)17-7-9-25-18(17)14-4-3-8-20-11-14/h3-4,8,11,13,15-18H,5-7,9-10,12H2,1-2H3,(H,21,24)/t13?,15?,17-,18+/m0/s1. The monoisotopic (exact) mass is 344 g/mol. The van der Waals surface area contributed by atoms with Crippen LogP contribution in [0.4, 0.5) is 4.79 Å². The second-order valence-electron chi connectivity index (χ2n) is 7.70. The number of pyridine rings is 1. The van der Waals surface area contributed by atoms with Gasteiger partial charge in [-0.15, -0.1) is 0 Å². The van der Waals surface area contributed by atoms with Gasteiger partial charge in [0.1, 0.15) is 6.10 Å². The number of rotatable bonds is 4. The van der Waals surface area contributed by atoms with Crippen LogP contribution in [0, 0.1) is 0 Å². The van der Waals surface area contributed by atoms with Crippen LogP contribution in [0.15, 0.2) is 24.5 Å². The van der Waals surface area contributed by atoms with E-state index in [1.165, 1.54) is 12.8 Å². The Morgan fingerprint density at radius 1 is 1.40 bits per heavy atom. The lowest BCUT2D eigenvalue weighted by Crippen LogP contribution is -2.48. The molecule has 1 aromatic rings. The fourth-order valence-corrected chi connectivity index (χ4v) is 4.34. The molecule has 1 N–H and O–H groups in total. The Bertz CT molecular complexity index is 607. The molecule has 6 nitrogen and oxygen atoms in total. The van der Waals surface area contributed by atoms with Crippen molar-refractivity contribution in [1.29, 1.82) is 0 Å². The zero-order valence-electron chi connectivity index (χ0n) is 15.1. The van der Waals surface area contributed by atoms with Crippen LogP contribution in [-0.2, 0) is 4.74 Å². The van der Waals surface area contributed by atoms with Crippen molar-refractivity contribution < 1.29 is 9.53 Å². The molecule has 2 aliphatic heterocycles. The summed E-state index contributed by atoms with van der Waals surface area (Å²) < 4.78 is 5.90. The lowest BCUT2D eigenvalue weighted by molar-refractivity contribution is 0.0764. The minimum atomic E-state index is -0.0880. The van der Waals surface area contributed by atoms with Crippen LogP contribution in [0.3, 0.4) is 0 Å². The molecular weight excluding hydrogens is 316 g/mol. The lowest BCUT2D eigenvalue weighted by atomic mass is 10.0.